The lowest BCUT2D eigenvalue weighted by Gasteiger charge is -2.28. The molecule has 0 heterocycles. The first-order valence-corrected chi connectivity index (χ1v) is 9.98. The maximum Gasteiger partial charge on any atom is 0.350 e. The topological polar surface area (TPSA) is 173 Å². The molecule has 0 aromatic heterocycles. The zero-order valence-corrected chi connectivity index (χ0v) is 14.9. The fourth-order valence-electron chi connectivity index (χ4n) is 2.23. The van der Waals surface area contributed by atoms with Crippen molar-refractivity contribution in [2.75, 3.05) is 5.32 Å². The average molecular weight is 389 g/mol. The molecule has 5 N–H and O–H groups in total. The highest BCUT2D eigenvalue weighted by Gasteiger charge is 2.39. The van der Waals surface area contributed by atoms with E-state index in [-0.39, 0.29) is 21.4 Å². The second kappa shape index (κ2) is 6.04. The first-order valence-electron chi connectivity index (χ1n) is 6.82. The number of nitrogens with one attached hydrogen (secondary N) is 1. The van der Waals surface area contributed by atoms with Gasteiger partial charge in [-0.05, 0) is 26.0 Å². The Morgan fingerprint density at radius 2 is 1.80 bits per heavy atom. The van der Waals surface area contributed by atoms with Gasteiger partial charge in [-0.25, -0.2) is 13.6 Å². The molecule has 2 aromatic rings. The van der Waals surface area contributed by atoms with Gasteiger partial charge >= 0.3 is 7.60 Å². The van der Waals surface area contributed by atoms with Crippen LogP contribution in [0.1, 0.15) is 13.8 Å². The van der Waals surface area contributed by atoms with Crippen molar-refractivity contribution in [3.8, 4) is 0 Å². The number of sulfonamides is 1. The van der Waals surface area contributed by atoms with Crippen molar-refractivity contribution in [3.05, 3.63) is 40.4 Å². The summed E-state index contributed by atoms with van der Waals surface area (Å²) >= 11 is 0. The molecule has 136 valence electrons. The second-order valence-corrected chi connectivity index (χ2v) is 9.58. The Kier molecular flexibility index (Phi) is 4.66. The number of nitro groups is 1. The summed E-state index contributed by atoms with van der Waals surface area (Å²) < 4.78 is 35.1. The van der Waals surface area contributed by atoms with Gasteiger partial charge in [-0.2, -0.15) is 0 Å². The van der Waals surface area contributed by atoms with E-state index in [2.05, 4.69) is 5.32 Å². The zero-order chi connectivity index (χ0) is 19.2. The molecule has 0 radical (unpaired) electrons. The number of nitrogens with zero attached hydrogens (tertiary/aromatic N) is 1. The molecule has 0 spiro atoms. The molecular weight excluding hydrogens is 373 g/mol. The quantitative estimate of drug-likeness (QED) is 0.340. The van der Waals surface area contributed by atoms with Crippen molar-refractivity contribution in [2.24, 2.45) is 5.14 Å². The molecule has 2 aromatic carbocycles. The Hall–Kier alpha value is -2.04. The number of hydrogen-bond donors (Lipinski definition) is 4. The molecule has 0 saturated carbocycles. The number of rotatable bonds is 5. The van der Waals surface area contributed by atoms with Gasteiger partial charge in [0.25, 0.3) is 5.69 Å². The molecular formula is C13H16N3O7PS. The lowest BCUT2D eigenvalue weighted by Crippen LogP contribution is -2.31. The summed E-state index contributed by atoms with van der Waals surface area (Å²) in [6.45, 7) is 2.36. The third-order valence-corrected chi connectivity index (χ3v) is 6.20. The number of primary sulfonamides is 1. The van der Waals surface area contributed by atoms with Gasteiger partial charge in [0.2, 0.25) is 10.0 Å². The average Bonchev–Trinajstić information content (AvgIpc) is 2.44. The first kappa shape index (κ1) is 19.3. The van der Waals surface area contributed by atoms with Crippen LogP contribution < -0.4 is 10.5 Å². The van der Waals surface area contributed by atoms with Crippen LogP contribution in [0.4, 0.5) is 11.4 Å². The highest BCUT2D eigenvalue weighted by molar-refractivity contribution is 7.89. The van der Waals surface area contributed by atoms with Crippen LogP contribution in [0.3, 0.4) is 0 Å². The maximum atomic E-state index is 11.7. The van der Waals surface area contributed by atoms with Crippen LogP contribution in [-0.4, -0.2) is 28.4 Å². The number of nitro benzene ring substituents is 1. The summed E-state index contributed by atoms with van der Waals surface area (Å²) in [5.41, 5.74) is -0.665. The first-order chi connectivity index (χ1) is 11.3. The number of anilines is 1. The summed E-state index contributed by atoms with van der Waals surface area (Å²) in [7, 11) is -8.79. The van der Waals surface area contributed by atoms with Crippen molar-refractivity contribution in [3.63, 3.8) is 0 Å². The van der Waals surface area contributed by atoms with Crippen LogP contribution in [0.15, 0.2) is 35.2 Å². The van der Waals surface area contributed by atoms with E-state index in [1.165, 1.54) is 38.1 Å². The second-order valence-electron chi connectivity index (χ2n) is 5.84. The van der Waals surface area contributed by atoms with Gasteiger partial charge in [0.1, 0.15) is 11.0 Å². The van der Waals surface area contributed by atoms with Crippen LogP contribution in [0.25, 0.3) is 10.8 Å². The molecule has 0 unspecified atom stereocenters. The predicted molar refractivity (Wildman–Crippen MR) is 91.7 cm³/mol. The van der Waals surface area contributed by atoms with Gasteiger partial charge in [0.15, 0.2) is 0 Å². The largest absolute Gasteiger partial charge is 0.363 e. The summed E-state index contributed by atoms with van der Waals surface area (Å²) in [6.07, 6.45) is 0. The molecule has 0 amide bonds. The van der Waals surface area contributed by atoms with E-state index in [1.54, 1.807) is 0 Å². The molecule has 0 atom stereocenters. The predicted octanol–water partition coefficient (Wildman–Crippen LogP) is 1.72. The molecule has 0 aliphatic carbocycles. The highest BCUT2D eigenvalue weighted by atomic mass is 32.2. The fourth-order valence-corrected chi connectivity index (χ4v) is 3.24. The van der Waals surface area contributed by atoms with E-state index in [4.69, 9.17) is 5.14 Å². The van der Waals surface area contributed by atoms with Gasteiger partial charge in [-0.3, -0.25) is 14.7 Å². The van der Waals surface area contributed by atoms with Crippen molar-refractivity contribution in [1.82, 2.24) is 0 Å². The minimum absolute atomic E-state index is 0.0969. The molecule has 2 rings (SSSR count). The van der Waals surface area contributed by atoms with Gasteiger partial charge in [0, 0.05) is 16.8 Å². The molecule has 0 aliphatic rings. The SMILES string of the molecule is CC(C)(Nc1c([N+](=O)[O-])ccc2c(S(N)(=O)=O)cccc12)P(=O)(O)O. The van der Waals surface area contributed by atoms with E-state index in [9.17, 15) is 32.9 Å². The van der Waals surface area contributed by atoms with E-state index in [0.29, 0.717) is 0 Å². The maximum absolute atomic E-state index is 11.7. The third kappa shape index (κ3) is 3.65. The van der Waals surface area contributed by atoms with Crippen molar-refractivity contribution in [2.45, 2.75) is 24.0 Å². The van der Waals surface area contributed by atoms with Crippen LogP contribution in [-0.2, 0) is 14.6 Å². The Morgan fingerprint density at radius 3 is 2.28 bits per heavy atom. The van der Waals surface area contributed by atoms with Crippen molar-refractivity contribution >= 4 is 39.8 Å². The van der Waals surface area contributed by atoms with Crippen LogP contribution >= 0.6 is 7.60 Å². The lowest BCUT2D eigenvalue weighted by atomic mass is 10.1. The smallest absolute Gasteiger partial charge is 0.350 e. The number of hydrogen-bond acceptors (Lipinski definition) is 6. The van der Waals surface area contributed by atoms with Crippen LogP contribution in [0.2, 0.25) is 0 Å². The molecule has 0 fully saturated rings. The monoisotopic (exact) mass is 389 g/mol. The lowest BCUT2D eigenvalue weighted by molar-refractivity contribution is -0.383. The van der Waals surface area contributed by atoms with Crippen molar-refractivity contribution < 1.29 is 27.7 Å². The summed E-state index contributed by atoms with van der Waals surface area (Å²) in [4.78, 5) is 29.2. The Morgan fingerprint density at radius 1 is 1.20 bits per heavy atom. The van der Waals surface area contributed by atoms with Crippen molar-refractivity contribution in [1.29, 1.82) is 0 Å². The summed E-state index contributed by atoms with van der Waals surface area (Å²) in [5.74, 6) is 0. The minimum atomic E-state index is -4.68. The number of fused-ring (bicyclic) bond motifs is 1. The normalized spacial score (nSPS) is 13.0. The van der Waals surface area contributed by atoms with Crippen LogP contribution in [0, 0.1) is 10.1 Å². The fraction of sp³-hybridized carbons (Fsp3) is 0.231. The van der Waals surface area contributed by atoms with E-state index in [0.717, 1.165) is 6.07 Å². The standard InChI is InChI=1S/C13H16N3O7PS/c1-13(2,24(19,20)21)15-12-9-4-3-5-11(25(14,22)23)8(9)6-7-10(12)16(17)18/h3-7,15H,1-2H3,(H2,14,22,23)(H2,19,20,21). The zero-order valence-electron chi connectivity index (χ0n) is 13.2. The van der Waals surface area contributed by atoms with Gasteiger partial charge in [-0.1, -0.05) is 12.1 Å². The van der Waals surface area contributed by atoms with E-state index < -0.39 is 33.5 Å². The highest BCUT2D eigenvalue weighted by Crippen LogP contribution is 2.51. The molecule has 25 heavy (non-hydrogen) atoms. The van der Waals surface area contributed by atoms with Crippen LogP contribution in [0.5, 0.6) is 0 Å². The Bertz CT molecular complexity index is 1010. The summed E-state index contributed by atoms with van der Waals surface area (Å²) in [6, 6.07) is 6.25. The Labute approximate surface area is 143 Å². The van der Waals surface area contributed by atoms with Gasteiger partial charge < -0.3 is 15.1 Å². The van der Waals surface area contributed by atoms with Gasteiger partial charge in [-0.15, -0.1) is 0 Å². The number of nitrogens with two attached hydrogens (primary N) is 1. The molecule has 10 nitrogen and oxygen atoms in total. The van der Waals surface area contributed by atoms with E-state index in [1.807, 2.05) is 0 Å². The molecule has 0 saturated heterocycles. The third-order valence-electron chi connectivity index (χ3n) is 3.66. The van der Waals surface area contributed by atoms with Gasteiger partial charge in [0.05, 0.1) is 9.82 Å². The van der Waals surface area contributed by atoms with E-state index >= 15 is 0 Å². The number of benzene rings is 2. The molecule has 0 bridgehead atoms. The summed E-state index contributed by atoms with van der Waals surface area (Å²) in [5, 5.41) is 17.3. The molecule has 0 aliphatic heterocycles. The Balaban J connectivity index is 2.87. The minimum Gasteiger partial charge on any atom is -0.363 e. The molecule has 12 heteroatoms.